The number of nitrogens with zero attached hydrogens (tertiary/aromatic N) is 3. The van der Waals surface area contributed by atoms with Crippen molar-refractivity contribution in [3.8, 4) is 0 Å². The minimum Gasteiger partial charge on any atom is -0.379 e. The van der Waals surface area contributed by atoms with Crippen molar-refractivity contribution in [2.75, 3.05) is 32.8 Å². The van der Waals surface area contributed by atoms with Gasteiger partial charge < -0.3 is 9.72 Å². The first-order chi connectivity index (χ1) is 12.5. The van der Waals surface area contributed by atoms with Gasteiger partial charge in [0.25, 0.3) is 11.2 Å². The number of rotatable bonds is 4. The predicted molar refractivity (Wildman–Crippen MR) is 103 cm³/mol. The van der Waals surface area contributed by atoms with Crippen LogP contribution in [0.1, 0.15) is 0 Å². The second-order valence-electron chi connectivity index (χ2n) is 6.08. The molecule has 0 bridgehead atoms. The highest BCUT2D eigenvalue weighted by Gasteiger charge is 2.16. The van der Waals surface area contributed by atoms with E-state index in [1.54, 1.807) is 10.6 Å². The molecule has 0 unspecified atom stereocenters. The molecule has 10 heteroatoms. The van der Waals surface area contributed by atoms with Gasteiger partial charge in [-0.15, -0.1) is 11.3 Å². The molecule has 1 fully saturated rings. The van der Waals surface area contributed by atoms with Crippen LogP contribution >= 0.6 is 23.6 Å². The van der Waals surface area contributed by atoms with Crippen molar-refractivity contribution >= 4 is 49.5 Å². The van der Waals surface area contributed by atoms with Gasteiger partial charge in [0.05, 0.1) is 23.7 Å². The molecule has 0 saturated carbocycles. The molecule has 4 rings (SSSR count). The molecule has 1 saturated heterocycles. The molecule has 1 N–H and O–H groups in total. The standard InChI is InChI=1S/C16H16N4O4S2/c21-15-14-13(11-9-10(20(22)23)1-2-12(11)26-14)17-16(25)19(15)4-3-18-5-7-24-8-6-18/h1-2,9H,3-8H2,(H,17,25). The topological polar surface area (TPSA) is 93.4 Å². The van der Waals surface area contributed by atoms with Crippen molar-refractivity contribution < 1.29 is 9.66 Å². The Kier molecular flexibility index (Phi) is 4.57. The molecule has 0 amide bonds. The lowest BCUT2D eigenvalue weighted by Crippen LogP contribution is -2.39. The molecular formula is C16H16N4O4S2. The summed E-state index contributed by atoms with van der Waals surface area (Å²) in [4.78, 5) is 28.8. The molecule has 0 spiro atoms. The maximum atomic E-state index is 12.9. The summed E-state index contributed by atoms with van der Waals surface area (Å²) in [5.74, 6) is 0. The lowest BCUT2D eigenvalue weighted by molar-refractivity contribution is -0.384. The van der Waals surface area contributed by atoms with Gasteiger partial charge >= 0.3 is 0 Å². The van der Waals surface area contributed by atoms with Crippen LogP contribution in [0, 0.1) is 14.9 Å². The third-order valence-corrected chi connectivity index (χ3v) is 6.02. The van der Waals surface area contributed by atoms with E-state index in [1.165, 1.54) is 23.5 Å². The highest BCUT2D eigenvalue weighted by atomic mass is 32.1. The molecule has 3 aromatic rings. The van der Waals surface area contributed by atoms with Crippen LogP contribution in [-0.4, -0.2) is 52.2 Å². The Morgan fingerprint density at radius 2 is 2.08 bits per heavy atom. The number of H-pyrrole nitrogens is 1. The average Bonchev–Trinajstić information content (AvgIpc) is 3.00. The van der Waals surface area contributed by atoms with E-state index in [0.29, 0.717) is 40.1 Å². The van der Waals surface area contributed by atoms with Crippen molar-refractivity contribution in [1.82, 2.24) is 14.5 Å². The molecule has 2 aromatic heterocycles. The molecule has 1 aliphatic heterocycles. The Morgan fingerprint density at radius 3 is 2.81 bits per heavy atom. The number of aromatic amines is 1. The first-order valence-electron chi connectivity index (χ1n) is 8.18. The number of nitrogens with one attached hydrogen (secondary N) is 1. The second kappa shape index (κ2) is 6.88. The van der Waals surface area contributed by atoms with Gasteiger partial charge in [-0.3, -0.25) is 24.4 Å². The van der Waals surface area contributed by atoms with Crippen LogP contribution < -0.4 is 5.56 Å². The fourth-order valence-corrected chi connectivity index (χ4v) is 4.50. The maximum Gasteiger partial charge on any atom is 0.272 e. The van der Waals surface area contributed by atoms with Gasteiger partial charge in [-0.05, 0) is 18.3 Å². The first-order valence-corrected chi connectivity index (χ1v) is 9.41. The van der Waals surface area contributed by atoms with Crippen molar-refractivity contribution in [2.24, 2.45) is 0 Å². The Morgan fingerprint density at radius 1 is 1.31 bits per heavy atom. The number of hydrogen-bond donors (Lipinski definition) is 1. The van der Waals surface area contributed by atoms with E-state index < -0.39 is 4.92 Å². The Labute approximate surface area is 156 Å². The molecular weight excluding hydrogens is 376 g/mol. The second-order valence-corrected chi connectivity index (χ2v) is 7.52. The number of morpholine rings is 1. The smallest absolute Gasteiger partial charge is 0.272 e. The molecule has 136 valence electrons. The van der Waals surface area contributed by atoms with E-state index in [2.05, 4.69) is 9.88 Å². The Balaban J connectivity index is 1.76. The molecule has 1 aromatic carbocycles. The highest BCUT2D eigenvalue weighted by Crippen LogP contribution is 2.32. The number of thiophene rings is 1. The van der Waals surface area contributed by atoms with Gasteiger partial charge in [0.2, 0.25) is 0 Å². The number of nitro groups is 1. The minimum atomic E-state index is -0.443. The van der Waals surface area contributed by atoms with E-state index in [-0.39, 0.29) is 11.2 Å². The third-order valence-electron chi connectivity index (χ3n) is 4.54. The molecule has 3 heterocycles. The normalized spacial score (nSPS) is 15.7. The van der Waals surface area contributed by atoms with Crippen LogP contribution in [0.5, 0.6) is 0 Å². The van der Waals surface area contributed by atoms with E-state index >= 15 is 0 Å². The summed E-state index contributed by atoms with van der Waals surface area (Å²) >= 11 is 6.71. The van der Waals surface area contributed by atoms with Crippen LogP contribution in [0.4, 0.5) is 5.69 Å². The number of nitro benzene ring substituents is 1. The molecule has 8 nitrogen and oxygen atoms in total. The zero-order chi connectivity index (χ0) is 18.3. The summed E-state index contributed by atoms with van der Waals surface area (Å²) in [6, 6.07) is 4.60. The molecule has 1 aliphatic rings. The number of non-ortho nitro benzene ring substituents is 1. The van der Waals surface area contributed by atoms with E-state index in [1.807, 2.05) is 0 Å². The summed E-state index contributed by atoms with van der Waals surface area (Å²) < 4.78 is 8.59. The summed E-state index contributed by atoms with van der Waals surface area (Å²) in [6.45, 7) is 4.33. The van der Waals surface area contributed by atoms with Gasteiger partial charge in [0, 0.05) is 48.4 Å². The van der Waals surface area contributed by atoms with Gasteiger partial charge in [0.15, 0.2) is 4.77 Å². The first kappa shape index (κ1) is 17.3. The molecule has 0 radical (unpaired) electrons. The van der Waals surface area contributed by atoms with Crippen LogP contribution in [0.2, 0.25) is 0 Å². The van der Waals surface area contributed by atoms with Crippen LogP contribution in [0.25, 0.3) is 20.3 Å². The summed E-state index contributed by atoms with van der Waals surface area (Å²) in [6.07, 6.45) is 0. The Hall–Kier alpha value is -2.14. The fraction of sp³-hybridized carbons (Fsp3) is 0.375. The third kappa shape index (κ3) is 3.05. The lowest BCUT2D eigenvalue weighted by atomic mass is 10.2. The van der Waals surface area contributed by atoms with Gasteiger partial charge in [-0.1, -0.05) is 0 Å². The van der Waals surface area contributed by atoms with E-state index in [9.17, 15) is 14.9 Å². The zero-order valence-corrected chi connectivity index (χ0v) is 15.4. The quantitative estimate of drug-likeness (QED) is 0.417. The molecule has 0 aliphatic carbocycles. The van der Waals surface area contributed by atoms with Gasteiger partial charge in [-0.25, -0.2) is 0 Å². The van der Waals surface area contributed by atoms with E-state index in [4.69, 9.17) is 17.0 Å². The highest BCUT2D eigenvalue weighted by molar-refractivity contribution is 7.71. The zero-order valence-electron chi connectivity index (χ0n) is 13.8. The summed E-state index contributed by atoms with van der Waals surface area (Å²) in [5.41, 5.74) is 0.417. The van der Waals surface area contributed by atoms with Crippen molar-refractivity contribution in [3.05, 3.63) is 43.4 Å². The monoisotopic (exact) mass is 392 g/mol. The average molecular weight is 392 g/mol. The van der Waals surface area contributed by atoms with Crippen molar-refractivity contribution in [2.45, 2.75) is 6.54 Å². The number of benzene rings is 1. The number of hydrogen-bond acceptors (Lipinski definition) is 7. The largest absolute Gasteiger partial charge is 0.379 e. The fourth-order valence-electron chi connectivity index (χ4n) is 3.13. The van der Waals surface area contributed by atoms with Gasteiger partial charge in [0.1, 0.15) is 4.70 Å². The van der Waals surface area contributed by atoms with Crippen LogP contribution in [0.15, 0.2) is 23.0 Å². The number of fused-ring (bicyclic) bond motifs is 3. The molecule has 26 heavy (non-hydrogen) atoms. The van der Waals surface area contributed by atoms with Gasteiger partial charge in [-0.2, -0.15) is 0 Å². The number of aromatic nitrogens is 2. The lowest BCUT2D eigenvalue weighted by Gasteiger charge is -2.26. The van der Waals surface area contributed by atoms with E-state index in [0.717, 1.165) is 24.3 Å². The van der Waals surface area contributed by atoms with Crippen LogP contribution in [0.3, 0.4) is 0 Å². The van der Waals surface area contributed by atoms with Crippen molar-refractivity contribution in [1.29, 1.82) is 0 Å². The predicted octanol–water partition coefficient (Wildman–Crippen LogP) is 2.51. The number of ether oxygens (including phenoxy) is 1. The maximum absolute atomic E-state index is 12.9. The Bertz CT molecular complexity index is 1110. The molecule has 0 atom stereocenters. The summed E-state index contributed by atoms with van der Waals surface area (Å²) in [7, 11) is 0. The minimum absolute atomic E-state index is 0.00647. The van der Waals surface area contributed by atoms with Crippen LogP contribution in [-0.2, 0) is 11.3 Å². The SMILES string of the molecule is O=c1c2sc3ccc([N+](=O)[O-])cc3c2[nH]c(=S)n1CCN1CCOCC1. The summed E-state index contributed by atoms with van der Waals surface area (Å²) in [5, 5.41) is 11.7. The van der Waals surface area contributed by atoms with Crippen molar-refractivity contribution in [3.63, 3.8) is 0 Å².